The SMILES string of the molecule is CCCc1cc(C(=O)N(C)CC2(O)CCOCC2)sc1C. The molecular formula is C16H25NO3S. The predicted octanol–water partition coefficient (Wildman–Crippen LogP) is 2.62. The van der Waals surface area contributed by atoms with Crippen LogP contribution in [0.4, 0.5) is 0 Å². The maximum atomic E-state index is 12.5. The van der Waals surface area contributed by atoms with Gasteiger partial charge >= 0.3 is 0 Å². The van der Waals surface area contributed by atoms with Gasteiger partial charge in [-0.1, -0.05) is 13.3 Å². The van der Waals surface area contributed by atoms with Crippen molar-refractivity contribution in [1.82, 2.24) is 4.90 Å². The normalized spacial score (nSPS) is 17.7. The molecule has 4 nitrogen and oxygen atoms in total. The topological polar surface area (TPSA) is 49.8 Å². The van der Waals surface area contributed by atoms with E-state index in [2.05, 4.69) is 13.8 Å². The number of nitrogens with zero attached hydrogens (tertiary/aromatic N) is 1. The summed E-state index contributed by atoms with van der Waals surface area (Å²) in [6.45, 7) is 5.72. The van der Waals surface area contributed by atoms with Gasteiger partial charge in [0.1, 0.15) is 0 Å². The van der Waals surface area contributed by atoms with Crippen LogP contribution >= 0.6 is 11.3 Å². The van der Waals surface area contributed by atoms with E-state index >= 15 is 0 Å². The van der Waals surface area contributed by atoms with Gasteiger partial charge in [-0.25, -0.2) is 0 Å². The molecule has 1 saturated heterocycles. The summed E-state index contributed by atoms with van der Waals surface area (Å²) in [5.74, 6) is 0.00497. The minimum atomic E-state index is -0.804. The van der Waals surface area contributed by atoms with E-state index in [-0.39, 0.29) is 5.91 Å². The second-order valence-electron chi connectivity index (χ2n) is 5.94. The van der Waals surface area contributed by atoms with Gasteiger partial charge in [0.25, 0.3) is 5.91 Å². The Balaban J connectivity index is 2.03. The van der Waals surface area contributed by atoms with Crippen LogP contribution in [0.1, 0.15) is 46.3 Å². The van der Waals surface area contributed by atoms with E-state index < -0.39 is 5.60 Å². The number of carbonyl (C=O) groups is 1. The van der Waals surface area contributed by atoms with Crippen molar-refractivity contribution in [2.24, 2.45) is 0 Å². The zero-order valence-corrected chi connectivity index (χ0v) is 14.0. The molecule has 1 aliphatic rings. The van der Waals surface area contributed by atoms with E-state index in [1.807, 2.05) is 6.07 Å². The number of thiophene rings is 1. The molecule has 0 radical (unpaired) electrons. The molecule has 0 atom stereocenters. The van der Waals surface area contributed by atoms with Crippen LogP contribution in [0.25, 0.3) is 0 Å². The fourth-order valence-electron chi connectivity index (χ4n) is 2.75. The Bertz CT molecular complexity index is 492. The molecule has 0 unspecified atom stereocenters. The molecule has 21 heavy (non-hydrogen) atoms. The third kappa shape index (κ3) is 4.05. The smallest absolute Gasteiger partial charge is 0.263 e. The average molecular weight is 311 g/mol. The third-order valence-electron chi connectivity index (χ3n) is 4.05. The number of hydrogen-bond acceptors (Lipinski definition) is 4. The monoisotopic (exact) mass is 311 g/mol. The summed E-state index contributed by atoms with van der Waals surface area (Å²) < 4.78 is 5.28. The zero-order valence-electron chi connectivity index (χ0n) is 13.1. The first-order chi connectivity index (χ1) is 9.95. The van der Waals surface area contributed by atoms with Crippen molar-refractivity contribution in [2.45, 2.75) is 45.1 Å². The maximum Gasteiger partial charge on any atom is 0.263 e. The van der Waals surface area contributed by atoms with Crippen LogP contribution in [0, 0.1) is 6.92 Å². The van der Waals surface area contributed by atoms with Gasteiger partial charge in [0, 0.05) is 44.5 Å². The Morgan fingerprint density at radius 3 is 2.76 bits per heavy atom. The number of aliphatic hydroxyl groups is 1. The number of rotatable bonds is 5. The molecule has 1 aromatic heterocycles. The van der Waals surface area contributed by atoms with Crippen molar-refractivity contribution < 1.29 is 14.6 Å². The van der Waals surface area contributed by atoms with Gasteiger partial charge in [0.15, 0.2) is 0 Å². The lowest BCUT2D eigenvalue weighted by Crippen LogP contribution is -2.47. The summed E-state index contributed by atoms with van der Waals surface area (Å²) in [4.78, 5) is 16.2. The Hall–Kier alpha value is -0.910. The standard InChI is InChI=1S/C16H25NO3S/c1-4-5-13-10-14(21-12(13)2)15(18)17(3)11-16(19)6-8-20-9-7-16/h10,19H,4-9,11H2,1-3H3. The first kappa shape index (κ1) is 16.5. The highest BCUT2D eigenvalue weighted by atomic mass is 32.1. The number of ether oxygens (including phenoxy) is 1. The molecule has 1 amide bonds. The number of aryl methyl sites for hydroxylation is 2. The van der Waals surface area contributed by atoms with E-state index in [4.69, 9.17) is 4.74 Å². The lowest BCUT2D eigenvalue weighted by molar-refractivity contribution is -0.0733. The van der Waals surface area contributed by atoms with Crippen molar-refractivity contribution in [3.63, 3.8) is 0 Å². The lowest BCUT2D eigenvalue weighted by Gasteiger charge is -2.35. The van der Waals surface area contributed by atoms with E-state index in [9.17, 15) is 9.90 Å². The van der Waals surface area contributed by atoms with Crippen molar-refractivity contribution in [2.75, 3.05) is 26.8 Å². The fourth-order valence-corrected chi connectivity index (χ4v) is 3.82. The third-order valence-corrected chi connectivity index (χ3v) is 5.13. The van der Waals surface area contributed by atoms with Gasteiger partial charge in [0.2, 0.25) is 0 Å². The van der Waals surface area contributed by atoms with Crippen LogP contribution in [0.5, 0.6) is 0 Å². The minimum absolute atomic E-state index is 0.00497. The van der Waals surface area contributed by atoms with E-state index in [1.165, 1.54) is 10.4 Å². The van der Waals surface area contributed by atoms with Gasteiger partial charge in [-0.3, -0.25) is 4.79 Å². The van der Waals surface area contributed by atoms with Crippen LogP contribution < -0.4 is 0 Å². The van der Waals surface area contributed by atoms with Crippen LogP contribution in [-0.2, 0) is 11.2 Å². The van der Waals surface area contributed by atoms with E-state index in [1.54, 1.807) is 23.3 Å². The molecule has 0 saturated carbocycles. The molecule has 1 aliphatic heterocycles. The molecule has 1 N–H and O–H groups in total. The predicted molar refractivity (Wildman–Crippen MR) is 85.0 cm³/mol. The summed E-state index contributed by atoms with van der Waals surface area (Å²) >= 11 is 1.55. The molecule has 0 aliphatic carbocycles. The summed E-state index contributed by atoms with van der Waals surface area (Å²) in [6.07, 6.45) is 3.28. The Kier molecular flexibility index (Phi) is 5.41. The Morgan fingerprint density at radius 1 is 1.48 bits per heavy atom. The van der Waals surface area contributed by atoms with Gasteiger partial charge in [-0.05, 0) is 25.0 Å². The molecule has 1 aromatic rings. The van der Waals surface area contributed by atoms with Crippen LogP contribution in [0.2, 0.25) is 0 Å². The summed E-state index contributed by atoms with van der Waals surface area (Å²) in [5, 5.41) is 10.5. The van der Waals surface area contributed by atoms with Crippen LogP contribution in [0.15, 0.2) is 6.07 Å². The summed E-state index contributed by atoms with van der Waals surface area (Å²) in [6, 6.07) is 2.01. The molecule has 2 heterocycles. The van der Waals surface area contributed by atoms with Crippen molar-refractivity contribution in [3.05, 3.63) is 21.4 Å². The number of likely N-dealkylation sites (N-methyl/N-ethyl adjacent to an activating group) is 1. The quantitative estimate of drug-likeness (QED) is 0.909. The van der Waals surface area contributed by atoms with Crippen molar-refractivity contribution in [3.8, 4) is 0 Å². The first-order valence-electron chi connectivity index (χ1n) is 7.60. The fraction of sp³-hybridized carbons (Fsp3) is 0.688. The zero-order chi connectivity index (χ0) is 15.5. The van der Waals surface area contributed by atoms with Crippen molar-refractivity contribution in [1.29, 1.82) is 0 Å². The first-order valence-corrected chi connectivity index (χ1v) is 8.42. The highest BCUT2D eigenvalue weighted by molar-refractivity contribution is 7.14. The number of amides is 1. The van der Waals surface area contributed by atoms with Gasteiger partial charge < -0.3 is 14.7 Å². The molecule has 0 spiro atoms. The van der Waals surface area contributed by atoms with Crippen LogP contribution in [0.3, 0.4) is 0 Å². The van der Waals surface area contributed by atoms with E-state index in [0.29, 0.717) is 32.6 Å². The second-order valence-corrected chi connectivity index (χ2v) is 7.20. The molecular weight excluding hydrogens is 286 g/mol. The highest BCUT2D eigenvalue weighted by Gasteiger charge is 2.32. The number of carbonyl (C=O) groups excluding carboxylic acids is 1. The Morgan fingerprint density at radius 2 is 2.14 bits per heavy atom. The molecule has 5 heteroatoms. The molecule has 2 rings (SSSR count). The van der Waals surface area contributed by atoms with Crippen LogP contribution in [-0.4, -0.2) is 48.3 Å². The van der Waals surface area contributed by atoms with Gasteiger partial charge in [-0.2, -0.15) is 0 Å². The largest absolute Gasteiger partial charge is 0.388 e. The maximum absolute atomic E-state index is 12.5. The second kappa shape index (κ2) is 6.90. The van der Waals surface area contributed by atoms with Gasteiger partial charge in [0.05, 0.1) is 10.5 Å². The highest BCUT2D eigenvalue weighted by Crippen LogP contribution is 2.26. The van der Waals surface area contributed by atoms with E-state index in [0.717, 1.165) is 17.7 Å². The molecule has 1 fully saturated rings. The lowest BCUT2D eigenvalue weighted by atomic mass is 9.94. The Labute approximate surface area is 130 Å². The summed E-state index contributed by atoms with van der Waals surface area (Å²) in [7, 11) is 1.77. The average Bonchev–Trinajstić information content (AvgIpc) is 2.80. The van der Waals surface area contributed by atoms with Gasteiger partial charge in [-0.15, -0.1) is 11.3 Å². The van der Waals surface area contributed by atoms with Crippen molar-refractivity contribution >= 4 is 17.2 Å². The molecule has 118 valence electrons. The summed E-state index contributed by atoms with van der Waals surface area (Å²) in [5.41, 5.74) is 0.463. The molecule has 0 bridgehead atoms. The minimum Gasteiger partial charge on any atom is -0.388 e. The molecule has 0 aromatic carbocycles. The number of hydrogen-bond donors (Lipinski definition) is 1.